The minimum absolute atomic E-state index is 0.0130. The highest BCUT2D eigenvalue weighted by Crippen LogP contribution is 2.14. The van der Waals surface area contributed by atoms with Gasteiger partial charge in [0.2, 0.25) is 22.8 Å². The zero-order chi connectivity index (χ0) is 42.9. The van der Waals surface area contributed by atoms with Crippen LogP contribution in [0.4, 0.5) is 0 Å². The van der Waals surface area contributed by atoms with Gasteiger partial charge in [-0.3, -0.25) is 24.0 Å². The molecule has 0 unspecified atom stereocenters. The topological polar surface area (TPSA) is 228 Å². The van der Waals surface area contributed by atoms with Gasteiger partial charge in [0.1, 0.15) is 12.6 Å². The fourth-order valence-electron chi connectivity index (χ4n) is 5.79. The van der Waals surface area contributed by atoms with Crippen molar-refractivity contribution in [2.75, 3.05) is 72.5 Å². The van der Waals surface area contributed by atoms with Gasteiger partial charge in [0.25, 0.3) is 0 Å². The lowest BCUT2D eigenvalue weighted by atomic mass is 10.0. The van der Waals surface area contributed by atoms with Crippen LogP contribution in [0.5, 0.6) is 0 Å². The van der Waals surface area contributed by atoms with Crippen LogP contribution < -0.4 is 21.3 Å². The van der Waals surface area contributed by atoms with E-state index in [-0.39, 0.29) is 87.5 Å². The summed E-state index contributed by atoms with van der Waals surface area (Å²) in [5, 5.41) is 28.9. The van der Waals surface area contributed by atoms with E-state index in [1.165, 1.54) is 57.8 Å². The molecule has 6 N–H and O–H groups in total. The maximum Gasteiger partial charge on any atom is 0.326 e. The Hall–Kier alpha value is -2.83. The van der Waals surface area contributed by atoms with Crippen LogP contribution >= 0.6 is 12.6 Å². The summed E-state index contributed by atoms with van der Waals surface area (Å²) in [6.45, 7) is 5.20. The second kappa shape index (κ2) is 40.9. The number of thiol groups is 1. The Bertz CT molecular complexity index is 1090. The van der Waals surface area contributed by atoms with Crippen molar-refractivity contribution in [3.63, 3.8) is 0 Å². The first-order chi connectivity index (χ1) is 28.0. The van der Waals surface area contributed by atoms with Crippen molar-refractivity contribution in [1.82, 2.24) is 21.3 Å². The molecule has 0 radical (unpaired) electrons. The SMILES string of the molecule is C[C@H](NCCCOCCOCCNC(=O)COCCOCCNC(=O)CC[C@H](NC(=O)CCCCCCCCCCCCCCCCCCC(=O)O)C(=O)O)C(=O)S. The van der Waals surface area contributed by atoms with Gasteiger partial charge in [-0.05, 0) is 39.2 Å². The number of aliphatic carboxylic acids is 2. The van der Waals surface area contributed by atoms with Gasteiger partial charge in [0.05, 0.1) is 45.7 Å². The largest absolute Gasteiger partial charge is 0.481 e. The summed E-state index contributed by atoms with van der Waals surface area (Å²) in [4.78, 5) is 69.5. The van der Waals surface area contributed by atoms with Gasteiger partial charge in [-0.15, -0.1) is 12.6 Å². The predicted molar refractivity (Wildman–Crippen MR) is 225 cm³/mol. The Labute approximate surface area is 352 Å². The molecule has 0 aliphatic carbocycles. The van der Waals surface area contributed by atoms with Crippen LogP contribution in [-0.4, -0.2) is 130 Å². The normalized spacial score (nSPS) is 12.2. The van der Waals surface area contributed by atoms with Gasteiger partial charge in [-0.1, -0.05) is 89.9 Å². The van der Waals surface area contributed by atoms with Crippen LogP contribution in [0.15, 0.2) is 0 Å². The zero-order valence-electron chi connectivity index (χ0n) is 35.2. The molecule has 17 heteroatoms. The van der Waals surface area contributed by atoms with Gasteiger partial charge >= 0.3 is 11.9 Å². The smallest absolute Gasteiger partial charge is 0.326 e. The van der Waals surface area contributed by atoms with Crippen molar-refractivity contribution in [1.29, 1.82) is 0 Å². The molecule has 0 saturated heterocycles. The summed E-state index contributed by atoms with van der Waals surface area (Å²) < 4.78 is 21.5. The quantitative estimate of drug-likeness (QED) is 0.0330. The first-order valence-electron chi connectivity index (χ1n) is 21.6. The van der Waals surface area contributed by atoms with Crippen molar-refractivity contribution < 1.29 is 57.9 Å². The third-order valence-electron chi connectivity index (χ3n) is 9.24. The molecule has 338 valence electrons. The average molecular weight is 849 g/mol. The minimum atomic E-state index is -1.17. The lowest BCUT2D eigenvalue weighted by molar-refractivity contribution is -0.142. The van der Waals surface area contributed by atoms with E-state index < -0.39 is 18.0 Å². The minimum Gasteiger partial charge on any atom is -0.481 e. The first-order valence-corrected chi connectivity index (χ1v) is 22.0. The number of nitrogens with one attached hydrogen (secondary N) is 4. The second-order valence-corrected chi connectivity index (χ2v) is 14.9. The molecule has 16 nitrogen and oxygen atoms in total. The van der Waals surface area contributed by atoms with Crippen molar-refractivity contribution in [2.45, 2.75) is 154 Å². The third kappa shape index (κ3) is 40.0. The predicted octanol–water partition coefficient (Wildman–Crippen LogP) is 4.57. The van der Waals surface area contributed by atoms with E-state index in [4.69, 9.17) is 24.1 Å². The van der Waals surface area contributed by atoms with Gasteiger partial charge in [0.15, 0.2) is 0 Å². The zero-order valence-corrected chi connectivity index (χ0v) is 36.1. The van der Waals surface area contributed by atoms with Crippen molar-refractivity contribution in [3.05, 3.63) is 0 Å². The number of carboxylic acids is 2. The number of amides is 3. The van der Waals surface area contributed by atoms with Gasteiger partial charge in [0, 0.05) is 39.0 Å². The summed E-state index contributed by atoms with van der Waals surface area (Å²) in [6, 6.07) is -1.41. The number of hydrogen-bond donors (Lipinski definition) is 7. The summed E-state index contributed by atoms with van der Waals surface area (Å²) in [7, 11) is 0. The summed E-state index contributed by atoms with van der Waals surface area (Å²) in [5.41, 5.74) is 0. The average Bonchev–Trinajstić information content (AvgIpc) is 3.18. The second-order valence-electron chi connectivity index (χ2n) is 14.5. The van der Waals surface area contributed by atoms with E-state index >= 15 is 0 Å². The lowest BCUT2D eigenvalue weighted by Gasteiger charge is -2.14. The van der Waals surface area contributed by atoms with Gasteiger partial charge in [-0.2, -0.15) is 0 Å². The molecule has 0 aliphatic rings. The number of carbonyl (C=O) groups is 6. The van der Waals surface area contributed by atoms with E-state index in [2.05, 4.69) is 33.9 Å². The molecule has 0 saturated carbocycles. The molecule has 0 aliphatic heterocycles. The van der Waals surface area contributed by atoms with Crippen LogP contribution in [0.1, 0.15) is 142 Å². The number of carbonyl (C=O) groups excluding carboxylic acids is 4. The van der Waals surface area contributed by atoms with Gasteiger partial charge in [-0.25, -0.2) is 4.79 Å². The standard InChI is InChI=1S/C41H76N4O12S/c1-34(41(53)58)42-23-18-26-54-29-30-55-28-25-44-38(48)33-57-32-31-56-27-24-43-36(46)22-21-35(40(51)52)45-37(47)19-16-14-12-10-8-6-4-2-3-5-7-9-11-13-15-17-20-39(49)50/h34-35,42H,2-33H2,1H3,(H,43,46)(H,44,48)(H,45,47)(H,49,50)(H,51,52)(H,53,58)/t34-,35-/m0/s1. The molecule has 0 spiro atoms. The molecular weight excluding hydrogens is 773 g/mol. The fourth-order valence-corrected chi connectivity index (χ4v) is 5.88. The summed E-state index contributed by atoms with van der Waals surface area (Å²) >= 11 is 3.77. The highest BCUT2D eigenvalue weighted by atomic mass is 32.1. The third-order valence-corrected chi connectivity index (χ3v) is 9.63. The summed E-state index contributed by atoms with van der Waals surface area (Å²) in [6.07, 6.45) is 19.2. The van der Waals surface area contributed by atoms with Crippen LogP contribution in [0.2, 0.25) is 0 Å². The number of rotatable bonds is 44. The van der Waals surface area contributed by atoms with Crippen molar-refractivity contribution in [3.8, 4) is 0 Å². The molecule has 2 atom stereocenters. The van der Waals surface area contributed by atoms with Crippen LogP contribution in [0.3, 0.4) is 0 Å². The molecule has 0 rings (SSSR count). The van der Waals surface area contributed by atoms with Crippen LogP contribution in [0, 0.1) is 0 Å². The highest BCUT2D eigenvalue weighted by Gasteiger charge is 2.20. The molecule has 0 fully saturated rings. The van der Waals surface area contributed by atoms with Crippen molar-refractivity contribution in [2.24, 2.45) is 0 Å². The number of ether oxygens (including phenoxy) is 4. The maximum atomic E-state index is 12.3. The number of carboxylic acid groups (broad SMARTS) is 2. The molecule has 3 amide bonds. The highest BCUT2D eigenvalue weighted by molar-refractivity contribution is 7.96. The molecule has 0 aromatic heterocycles. The maximum absolute atomic E-state index is 12.3. The van der Waals surface area contributed by atoms with Crippen LogP contribution in [-0.2, 0) is 47.7 Å². The van der Waals surface area contributed by atoms with E-state index in [1.807, 2.05) is 0 Å². The monoisotopic (exact) mass is 849 g/mol. The summed E-state index contributed by atoms with van der Waals surface area (Å²) in [5.74, 6) is -2.81. The van der Waals surface area contributed by atoms with Crippen molar-refractivity contribution >= 4 is 47.4 Å². The molecule has 0 aromatic carbocycles. The Kier molecular flexibility index (Phi) is 38.9. The molecular formula is C41H76N4O12S. The number of hydrogen-bond acceptors (Lipinski definition) is 11. The van der Waals surface area contributed by atoms with Gasteiger partial charge < -0.3 is 50.4 Å². The first kappa shape index (κ1) is 55.2. The van der Waals surface area contributed by atoms with E-state index in [9.17, 15) is 33.9 Å². The van der Waals surface area contributed by atoms with E-state index in [0.717, 1.165) is 44.9 Å². The Morgan fingerprint density at radius 1 is 0.500 bits per heavy atom. The number of unbranched alkanes of at least 4 members (excludes halogenated alkanes) is 15. The Balaban J connectivity index is 3.62. The van der Waals surface area contributed by atoms with Crippen LogP contribution in [0.25, 0.3) is 0 Å². The Morgan fingerprint density at radius 3 is 1.43 bits per heavy atom. The lowest BCUT2D eigenvalue weighted by Crippen LogP contribution is -2.41. The molecule has 0 aromatic rings. The van der Waals surface area contributed by atoms with E-state index in [1.54, 1.807) is 6.92 Å². The van der Waals surface area contributed by atoms with E-state index in [0.29, 0.717) is 45.9 Å². The molecule has 58 heavy (non-hydrogen) atoms. The molecule has 0 bridgehead atoms. The fraction of sp³-hybridized carbons (Fsp3) is 0.854. The molecule has 0 heterocycles. The Morgan fingerprint density at radius 2 is 0.948 bits per heavy atom.